The van der Waals surface area contributed by atoms with E-state index in [0.717, 1.165) is 47.7 Å². The van der Waals surface area contributed by atoms with Crippen LogP contribution in [0.4, 0.5) is 0 Å². The summed E-state index contributed by atoms with van der Waals surface area (Å²) >= 11 is 1.59. The molecule has 1 aliphatic carbocycles. The predicted octanol–water partition coefficient (Wildman–Crippen LogP) is 3.54. The lowest BCUT2D eigenvalue weighted by Gasteiger charge is -2.17. The van der Waals surface area contributed by atoms with Crippen molar-refractivity contribution in [2.24, 2.45) is 17.6 Å². The van der Waals surface area contributed by atoms with Gasteiger partial charge in [0.25, 0.3) is 5.91 Å². The zero-order chi connectivity index (χ0) is 17.6. The minimum Gasteiger partial charge on any atom is -0.497 e. The maximum Gasteiger partial charge on any atom is 0.263 e. The van der Waals surface area contributed by atoms with Crippen molar-refractivity contribution in [1.82, 2.24) is 4.90 Å². The molecule has 1 saturated heterocycles. The third-order valence-electron chi connectivity index (χ3n) is 5.73. The van der Waals surface area contributed by atoms with Gasteiger partial charge < -0.3 is 15.4 Å². The second-order valence-electron chi connectivity index (χ2n) is 7.18. The molecule has 1 aromatic carbocycles. The van der Waals surface area contributed by atoms with Crippen LogP contribution in [-0.4, -0.2) is 37.0 Å². The number of fused-ring (bicyclic) bond motifs is 1. The van der Waals surface area contributed by atoms with E-state index in [0.29, 0.717) is 11.8 Å². The molecule has 132 valence electrons. The van der Waals surface area contributed by atoms with E-state index in [4.69, 9.17) is 10.5 Å². The number of likely N-dealkylation sites (tertiary alicyclic amines) is 1. The second-order valence-corrected chi connectivity index (χ2v) is 8.44. The average molecular weight is 356 g/mol. The highest BCUT2D eigenvalue weighted by molar-refractivity contribution is 7.14. The second kappa shape index (κ2) is 6.46. The van der Waals surface area contributed by atoms with Crippen LogP contribution in [-0.2, 0) is 0 Å². The summed E-state index contributed by atoms with van der Waals surface area (Å²) < 4.78 is 5.22. The highest BCUT2D eigenvalue weighted by Gasteiger charge is 2.42. The van der Waals surface area contributed by atoms with Gasteiger partial charge in [-0.15, -0.1) is 11.3 Å². The zero-order valence-electron chi connectivity index (χ0n) is 14.7. The lowest BCUT2D eigenvalue weighted by molar-refractivity contribution is 0.0784. The SMILES string of the molecule is COc1ccc(-c2cc(C(=O)N3CC4CCC(N)C4C3)sc2C)cc1. The Morgan fingerprint density at radius 1 is 1.24 bits per heavy atom. The number of hydrogen-bond acceptors (Lipinski definition) is 4. The molecule has 3 unspecified atom stereocenters. The standard InChI is InChI=1S/C20H24N2O2S/c1-12-16(13-3-6-15(24-2)7-4-13)9-19(25-12)20(23)22-10-14-5-8-18(21)17(14)11-22/h3-4,6-7,9,14,17-18H,5,8,10-11,21H2,1-2H3. The van der Waals surface area contributed by atoms with E-state index in [1.807, 2.05) is 35.2 Å². The summed E-state index contributed by atoms with van der Waals surface area (Å²) in [6, 6.07) is 10.3. The van der Waals surface area contributed by atoms with E-state index in [-0.39, 0.29) is 11.9 Å². The molecule has 0 spiro atoms. The Kier molecular flexibility index (Phi) is 4.29. The number of rotatable bonds is 3. The van der Waals surface area contributed by atoms with E-state index < -0.39 is 0 Å². The summed E-state index contributed by atoms with van der Waals surface area (Å²) in [4.78, 5) is 17.0. The molecule has 1 amide bonds. The number of thiophene rings is 1. The fourth-order valence-corrected chi connectivity index (χ4v) is 5.28. The minimum absolute atomic E-state index is 0.162. The monoisotopic (exact) mass is 356 g/mol. The molecule has 1 saturated carbocycles. The highest BCUT2D eigenvalue weighted by Crippen LogP contribution is 2.39. The van der Waals surface area contributed by atoms with Gasteiger partial charge in [-0.2, -0.15) is 0 Å². The van der Waals surface area contributed by atoms with Gasteiger partial charge in [-0.25, -0.2) is 0 Å². The smallest absolute Gasteiger partial charge is 0.263 e. The number of ether oxygens (including phenoxy) is 1. The van der Waals surface area contributed by atoms with Crippen molar-refractivity contribution in [3.8, 4) is 16.9 Å². The molecule has 2 aromatic rings. The fourth-order valence-electron chi connectivity index (χ4n) is 4.27. The Bertz CT molecular complexity index is 783. The summed E-state index contributed by atoms with van der Waals surface area (Å²) in [6.45, 7) is 3.77. The predicted molar refractivity (Wildman–Crippen MR) is 101 cm³/mol. The van der Waals surface area contributed by atoms with Crippen LogP contribution in [0.15, 0.2) is 30.3 Å². The van der Waals surface area contributed by atoms with Gasteiger partial charge in [0.05, 0.1) is 12.0 Å². The van der Waals surface area contributed by atoms with Crippen LogP contribution in [0.5, 0.6) is 5.75 Å². The summed E-state index contributed by atoms with van der Waals surface area (Å²) in [5.41, 5.74) is 8.45. The number of amides is 1. The van der Waals surface area contributed by atoms with Crippen LogP contribution >= 0.6 is 11.3 Å². The molecule has 4 nitrogen and oxygen atoms in total. The van der Waals surface area contributed by atoms with E-state index in [1.165, 1.54) is 4.88 Å². The Morgan fingerprint density at radius 2 is 2.00 bits per heavy atom. The molecule has 1 aliphatic heterocycles. The molecule has 1 aromatic heterocycles. The van der Waals surface area contributed by atoms with Crippen LogP contribution in [0.25, 0.3) is 11.1 Å². The Morgan fingerprint density at radius 3 is 2.68 bits per heavy atom. The van der Waals surface area contributed by atoms with Crippen molar-refractivity contribution < 1.29 is 9.53 Å². The van der Waals surface area contributed by atoms with Gasteiger partial charge >= 0.3 is 0 Å². The number of hydrogen-bond donors (Lipinski definition) is 1. The third kappa shape index (κ3) is 2.96. The Balaban J connectivity index is 1.54. The number of nitrogens with two attached hydrogens (primary N) is 1. The molecule has 0 bridgehead atoms. The summed E-state index contributed by atoms with van der Waals surface area (Å²) in [5.74, 6) is 2.09. The van der Waals surface area contributed by atoms with Gasteiger partial charge in [0.15, 0.2) is 0 Å². The first-order valence-corrected chi connectivity index (χ1v) is 9.68. The lowest BCUT2D eigenvalue weighted by Crippen LogP contribution is -2.33. The Labute approximate surface area is 152 Å². The van der Waals surface area contributed by atoms with Crippen molar-refractivity contribution in [2.75, 3.05) is 20.2 Å². The Hall–Kier alpha value is -1.85. The topological polar surface area (TPSA) is 55.6 Å². The zero-order valence-corrected chi connectivity index (χ0v) is 15.5. The number of methoxy groups -OCH3 is 1. The third-order valence-corrected chi connectivity index (χ3v) is 6.77. The van der Waals surface area contributed by atoms with Crippen LogP contribution in [0.3, 0.4) is 0 Å². The lowest BCUT2D eigenvalue weighted by atomic mass is 9.98. The molecular weight excluding hydrogens is 332 g/mol. The van der Waals surface area contributed by atoms with Gasteiger partial charge in [-0.3, -0.25) is 4.79 Å². The summed E-state index contributed by atoms with van der Waals surface area (Å²) in [7, 11) is 1.67. The molecule has 4 rings (SSSR count). The minimum atomic E-state index is 0.162. The normalized spacial score (nSPS) is 25.2. The number of aryl methyl sites for hydroxylation is 1. The van der Waals surface area contributed by atoms with Gasteiger partial charge in [0, 0.05) is 24.0 Å². The first kappa shape index (κ1) is 16.6. The van der Waals surface area contributed by atoms with Crippen molar-refractivity contribution in [1.29, 1.82) is 0 Å². The molecule has 3 atom stereocenters. The van der Waals surface area contributed by atoms with Gasteiger partial charge in [0.2, 0.25) is 0 Å². The maximum absolute atomic E-state index is 13.0. The number of carbonyl (C=O) groups excluding carboxylic acids is 1. The van der Waals surface area contributed by atoms with Crippen LogP contribution in [0.1, 0.15) is 27.4 Å². The first-order valence-electron chi connectivity index (χ1n) is 8.86. The van der Waals surface area contributed by atoms with Crippen molar-refractivity contribution in [3.63, 3.8) is 0 Å². The van der Waals surface area contributed by atoms with Gasteiger partial charge in [-0.1, -0.05) is 12.1 Å². The van der Waals surface area contributed by atoms with Crippen LogP contribution < -0.4 is 10.5 Å². The van der Waals surface area contributed by atoms with Crippen molar-refractivity contribution in [2.45, 2.75) is 25.8 Å². The molecule has 2 fully saturated rings. The quantitative estimate of drug-likeness (QED) is 0.915. The van der Waals surface area contributed by atoms with E-state index in [2.05, 4.69) is 6.92 Å². The molecule has 5 heteroatoms. The summed E-state index contributed by atoms with van der Waals surface area (Å²) in [6.07, 6.45) is 2.27. The molecule has 2 N–H and O–H groups in total. The fraction of sp³-hybridized carbons (Fsp3) is 0.450. The van der Waals surface area contributed by atoms with E-state index in [9.17, 15) is 4.79 Å². The van der Waals surface area contributed by atoms with E-state index >= 15 is 0 Å². The number of nitrogens with zero attached hydrogens (tertiary/aromatic N) is 1. The largest absolute Gasteiger partial charge is 0.497 e. The number of carbonyl (C=O) groups is 1. The molecule has 2 heterocycles. The van der Waals surface area contributed by atoms with Crippen molar-refractivity contribution in [3.05, 3.63) is 40.1 Å². The summed E-state index contributed by atoms with van der Waals surface area (Å²) in [5, 5.41) is 0. The van der Waals surface area contributed by atoms with E-state index in [1.54, 1.807) is 18.4 Å². The molecule has 25 heavy (non-hydrogen) atoms. The molecular formula is C20H24N2O2S. The highest BCUT2D eigenvalue weighted by atomic mass is 32.1. The van der Waals surface area contributed by atoms with Gasteiger partial charge in [0.1, 0.15) is 5.75 Å². The van der Waals surface area contributed by atoms with Crippen LogP contribution in [0.2, 0.25) is 0 Å². The molecule has 2 aliphatic rings. The van der Waals surface area contributed by atoms with Crippen LogP contribution in [0, 0.1) is 18.8 Å². The number of benzene rings is 1. The molecule has 0 radical (unpaired) electrons. The van der Waals surface area contributed by atoms with Gasteiger partial charge in [-0.05, 0) is 60.9 Å². The van der Waals surface area contributed by atoms with Crippen molar-refractivity contribution >= 4 is 17.2 Å². The first-order chi connectivity index (χ1) is 12.1. The maximum atomic E-state index is 13.0. The average Bonchev–Trinajstić information content (AvgIpc) is 3.31.